The summed E-state index contributed by atoms with van der Waals surface area (Å²) >= 11 is 1.27. The van der Waals surface area contributed by atoms with E-state index in [1.807, 2.05) is 0 Å². The largest absolute Gasteiger partial charge is 0.497 e. The van der Waals surface area contributed by atoms with Crippen molar-refractivity contribution in [1.29, 1.82) is 0 Å². The van der Waals surface area contributed by atoms with E-state index in [0.29, 0.717) is 27.7 Å². The predicted molar refractivity (Wildman–Crippen MR) is 95.0 cm³/mol. The van der Waals surface area contributed by atoms with E-state index in [1.54, 1.807) is 48.9 Å². The molecule has 1 N–H and O–H groups in total. The number of nitrogens with zero attached hydrogens (tertiary/aromatic N) is 1. The van der Waals surface area contributed by atoms with Gasteiger partial charge in [0, 0.05) is 16.5 Å². The molecule has 1 heterocycles. The van der Waals surface area contributed by atoms with Gasteiger partial charge in [0.1, 0.15) is 5.75 Å². The molecule has 128 valence electrons. The van der Waals surface area contributed by atoms with Crippen molar-refractivity contribution in [1.82, 2.24) is 4.98 Å². The molecule has 1 amide bonds. The molecule has 0 spiro atoms. The molecule has 25 heavy (non-hydrogen) atoms. The molecule has 7 heteroatoms. The summed E-state index contributed by atoms with van der Waals surface area (Å²) in [6.45, 7) is 0. The van der Waals surface area contributed by atoms with E-state index in [4.69, 9.17) is 9.47 Å². The maximum absolute atomic E-state index is 13.8. The van der Waals surface area contributed by atoms with Crippen LogP contribution in [0, 0.1) is 5.82 Å². The zero-order valence-electron chi connectivity index (χ0n) is 13.6. The second kappa shape index (κ2) is 7.31. The van der Waals surface area contributed by atoms with Crippen LogP contribution in [0.4, 0.5) is 9.52 Å². The van der Waals surface area contributed by atoms with Crippen LogP contribution in [0.2, 0.25) is 0 Å². The van der Waals surface area contributed by atoms with Gasteiger partial charge in [0.15, 0.2) is 16.7 Å². The van der Waals surface area contributed by atoms with Gasteiger partial charge in [-0.2, -0.15) is 0 Å². The van der Waals surface area contributed by atoms with E-state index < -0.39 is 5.82 Å². The third kappa shape index (κ3) is 3.77. The molecule has 0 fully saturated rings. The summed E-state index contributed by atoms with van der Waals surface area (Å²) in [5.74, 6) is 0.114. The summed E-state index contributed by atoms with van der Waals surface area (Å²) in [7, 11) is 2.97. The molecule has 3 aromatic rings. The second-order valence-electron chi connectivity index (χ2n) is 5.07. The number of carbonyl (C=O) groups is 1. The van der Waals surface area contributed by atoms with Crippen molar-refractivity contribution in [2.24, 2.45) is 0 Å². The zero-order valence-corrected chi connectivity index (χ0v) is 14.4. The minimum atomic E-state index is -0.461. The second-order valence-corrected chi connectivity index (χ2v) is 5.93. The monoisotopic (exact) mass is 358 g/mol. The Kier molecular flexibility index (Phi) is 4.95. The molecule has 0 saturated heterocycles. The molecule has 3 rings (SSSR count). The topological polar surface area (TPSA) is 60.5 Å². The van der Waals surface area contributed by atoms with Crippen LogP contribution in [0.5, 0.6) is 11.5 Å². The Morgan fingerprint density at radius 2 is 1.88 bits per heavy atom. The quantitative estimate of drug-likeness (QED) is 0.742. The minimum Gasteiger partial charge on any atom is -0.497 e. The lowest BCUT2D eigenvalue weighted by Gasteiger charge is -2.04. The average Bonchev–Trinajstić information content (AvgIpc) is 3.10. The van der Waals surface area contributed by atoms with Gasteiger partial charge in [-0.15, -0.1) is 11.3 Å². The Balaban J connectivity index is 1.74. The fourth-order valence-electron chi connectivity index (χ4n) is 2.20. The number of carbonyl (C=O) groups excluding carboxylic acids is 1. The molecule has 0 saturated carbocycles. The van der Waals surface area contributed by atoms with Crippen molar-refractivity contribution in [2.75, 3.05) is 19.5 Å². The van der Waals surface area contributed by atoms with Crippen LogP contribution in [0.1, 0.15) is 10.4 Å². The van der Waals surface area contributed by atoms with E-state index >= 15 is 0 Å². The number of thiazole rings is 1. The normalized spacial score (nSPS) is 10.4. The number of ether oxygens (including phenoxy) is 2. The highest BCUT2D eigenvalue weighted by molar-refractivity contribution is 7.14. The molecule has 0 aliphatic carbocycles. The van der Waals surface area contributed by atoms with Gasteiger partial charge in [-0.1, -0.05) is 0 Å². The summed E-state index contributed by atoms with van der Waals surface area (Å²) in [6.07, 6.45) is 0. The van der Waals surface area contributed by atoms with E-state index in [2.05, 4.69) is 10.3 Å². The standard InChI is InChI=1S/C18H15FN2O3S/c1-23-13-6-3-11(4-7-13)17(22)21-18-20-15(10-25-18)12-5-8-16(24-2)14(19)9-12/h3-10H,1-2H3,(H,20,21,22). The number of nitrogens with one attached hydrogen (secondary N) is 1. The van der Waals surface area contributed by atoms with Crippen molar-refractivity contribution >= 4 is 22.4 Å². The number of hydrogen-bond acceptors (Lipinski definition) is 5. The van der Waals surface area contributed by atoms with Gasteiger partial charge in [-0.05, 0) is 42.5 Å². The van der Waals surface area contributed by atoms with Gasteiger partial charge in [-0.25, -0.2) is 9.37 Å². The maximum atomic E-state index is 13.8. The third-order valence-corrected chi connectivity index (χ3v) is 4.28. The van der Waals surface area contributed by atoms with Gasteiger partial charge >= 0.3 is 0 Å². The lowest BCUT2D eigenvalue weighted by Crippen LogP contribution is -2.11. The van der Waals surface area contributed by atoms with Gasteiger partial charge in [-0.3, -0.25) is 10.1 Å². The van der Waals surface area contributed by atoms with E-state index in [1.165, 1.54) is 24.5 Å². The van der Waals surface area contributed by atoms with Crippen LogP contribution in [0.3, 0.4) is 0 Å². The Morgan fingerprint density at radius 3 is 2.52 bits per heavy atom. The van der Waals surface area contributed by atoms with E-state index in [0.717, 1.165) is 0 Å². The molecular weight excluding hydrogens is 343 g/mol. The number of aromatic nitrogens is 1. The number of rotatable bonds is 5. The maximum Gasteiger partial charge on any atom is 0.257 e. The van der Waals surface area contributed by atoms with Crippen molar-refractivity contribution in [3.63, 3.8) is 0 Å². The Hall–Kier alpha value is -2.93. The molecule has 0 bridgehead atoms. The first-order valence-electron chi connectivity index (χ1n) is 7.35. The molecular formula is C18H15FN2O3S. The van der Waals surface area contributed by atoms with Crippen LogP contribution in [0.15, 0.2) is 47.8 Å². The molecule has 0 aliphatic heterocycles. The van der Waals surface area contributed by atoms with Crippen molar-refractivity contribution < 1.29 is 18.7 Å². The number of hydrogen-bond donors (Lipinski definition) is 1. The fourth-order valence-corrected chi connectivity index (χ4v) is 2.92. The summed E-state index contributed by atoms with van der Waals surface area (Å²) in [5.41, 5.74) is 1.68. The minimum absolute atomic E-state index is 0.173. The lowest BCUT2D eigenvalue weighted by molar-refractivity contribution is 0.102. The molecule has 5 nitrogen and oxygen atoms in total. The van der Waals surface area contributed by atoms with Gasteiger partial charge in [0.2, 0.25) is 0 Å². The molecule has 0 unspecified atom stereocenters. The van der Waals surface area contributed by atoms with Gasteiger partial charge in [0.25, 0.3) is 5.91 Å². The molecule has 0 radical (unpaired) electrons. The summed E-state index contributed by atoms with van der Waals surface area (Å²) in [6, 6.07) is 11.4. The molecule has 1 aromatic heterocycles. The molecule has 2 aromatic carbocycles. The zero-order chi connectivity index (χ0) is 17.8. The first-order chi connectivity index (χ1) is 12.1. The highest BCUT2D eigenvalue weighted by atomic mass is 32.1. The number of halogens is 1. The number of anilines is 1. The third-order valence-electron chi connectivity index (χ3n) is 3.52. The number of benzene rings is 2. The van der Waals surface area contributed by atoms with Crippen LogP contribution >= 0.6 is 11.3 Å². The highest BCUT2D eigenvalue weighted by Gasteiger charge is 2.12. The Morgan fingerprint density at radius 1 is 1.12 bits per heavy atom. The van der Waals surface area contributed by atoms with Crippen molar-refractivity contribution in [3.8, 4) is 22.8 Å². The Labute approximate surface area is 148 Å². The van der Waals surface area contributed by atoms with Crippen LogP contribution in [-0.2, 0) is 0 Å². The van der Waals surface area contributed by atoms with E-state index in [-0.39, 0.29) is 11.7 Å². The van der Waals surface area contributed by atoms with Gasteiger partial charge < -0.3 is 9.47 Å². The number of methoxy groups -OCH3 is 2. The van der Waals surface area contributed by atoms with Crippen LogP contribution in [-0.4, -0.2) is 25.1 Å². The average molecular weight is 358 g/mol. The molecule has 0 aliphatic rings. The Bertz CT molecular complexity index is 894. The van der Waals surface area contributed by atoms with Crippen molar-refractivity contribution in [2.45, 2.75) is 0 Å². The predicted octanol–water partition coefficient (Wildman–Crippen LogP) is 4.22. The number of amides is 1. The fraction of sp³-hybridized carbons (Fsp3) is 0.111. The first-order valence-corrected chi connectivity index (χ1v) is 8.23. The summed E-state index contributed by atoms with van der Waals surface area (Å²) in [5, 5.41) is 4.92. The van der Waals surface area contributed by atoms with E-state index in [9.17, 15) is 9.18 Å². The van der Waals surface area contributed by atoms with Gasteiger partial charge in [0.05, 0.1) is 19.9 Å². The highest BCUT2D eigenvalue weighted by Crippen LogP contribution is 2.28. The smallest absolute Gasteiger partial charge is 0.257 e. The summed E-state index contributed by atoms with van der Waals surface area (Å²) in [4.78, 5) is 16.6. The first kappa shape index (κ1) is 16.9. The lowest BCUT2D eigenvalue weighted by atomic mass is 10.1. The molecule has 0 atom stereocenters. The van der Waals surface area contributed by atoms with Crippen LogP contribution in [0.25, 0.3) is 11.3 Å². The van der Waals surface area contributed by atoms with Crippen molar-refractivity contribution in [3.05, 3.63) is 59.2 Å². The van der Waals surface area contributed by atoms with Crippen LogP contribution < -0.4 is 14.8 Å². The SMILES string of the molecule is COc1ccc(C(=O)Nc2nc(-c3ccc(OC)c(F)c3)cs2)cc1. The summed E-state index contributed by atoms with van der Waals surface area (Å²) < 4.78 is 23.8.